The van der Waals surface area contributed by atoms with Crippen LogP contribution in [0.15, 0.2) is 36.5 Å². The smallest absolute Gasteiger partial charge is 0.248 e. The minimum absolute atomic E-state index is 0.176. The van der Waals surface area contributed by atoms with E-state index in [1.807, 2.05) is 6.07 Å². The van der Waals surface area contributed by atoms with Crippen molar-refractivity contribution >= 4 is 16.9 Å². The predicted molar refractivity (Wildman–Crippen MR) is 111 cm³/mol. The number of fused-ring (bicyclic) bond motifs is 2. The molecule has 2 aliphatic rings. The van der Waals surface area contributed by atoms with E-state index in [4.69, 9.17) is 9.84 Å². The van der Waals surface area contributed by atoms with Gasteiger partial charge in [0, 0.05) is 35.9 Å². The number of carbonyl (C=O) groups is 1. The number of aliphatic hydroxyl groups is 1. The first-order valence-corrected chi connectivity index (χ1v) is 10.3. The first-order chi connectivity index (χ1) is 14.6. The summed E-state index contributed by atoms with van der Waals surface area (Å²) < 4.78 is 19.4. The van der Waals surface area contributed by atoms with Gasteiger partial charge in [-0.3, -0.25) is 4.79 Å². The fraction of sp³-hybridized carbons (Fsp3) is 0.391. The van der Waals surface area contributed by atoms with Gasteiger partial charge in [-0.15, -0.1) is 0 Å². The number of amides is 1. The summed E-state index contributed by atoms with van der Waals surface area (Å²) in [6.07, 6.45) is 3.74. The monoisotopic (exact) mass is 409 g/mol. The molecule has 2 fully saturated rings. The Morgan fingerprint density at radius 1 is 1.23 bits per heavy atom. The number of rotatable bonds is 4. The van der Waals surface area contributed by atoms with E-state index in [1.165, 1.54) is 12.1 Å². The summed E-state index contributed by atoms with van der Waals surface area (Å²) in [4.78, 5) is 21.5. The van der Waals surface area contributed by atoms with Gasteiger partial charge in [0.15, 0.2) is 0 Å². The highest BCUT2D eigenvalue weighted by Gasteiger charge is 2.43. The Morgan fingerprint density at radius 3 is 2.70 bits per heavy atom. The van der Waals surface area contributed by atoms with Gasteiger partial charge in [-0.1, -0.05) is 0 Å². The summed E-state index contributed by atoms with van der Waals surface area (Å²) in [5.41, 5.74) is 3.51. The number of methoxy groups -OCH3 is 1. The summed E-state index contributed by atoms with van der Waals surface area (Å²) in [7, 11) is 1.58. The first kappa shape index (κ1) is 19.1. The number of aromatic amines is 1. The van der Waals surface area contributed by atoms with E-state index in [9.17, 15) is 9.18 Å². The van der Waals surface area contributed by atoms with E-state index in [0.29, 0.717) is 29.1 Å². The molecule has 2 aromatic heterocycles. The second-order valence-corrected chi connectivity index (χ2v) is 8.34. The average molecular weight is 409 g/mol. The lowest BCUT2D eigenvalue weighted by molar-refractivity contribution is -0.133. The first-order valence-electron chi connectivity index (χ1n) is 10.3. The Morgan fingerprint density at radius 2 is 2.00 bits per heavy atom. The average Bonchev–Trinajstić information content (AvgIpc) is 3.45. The summed E-state index contributed by atoms with van der Waals surface area (Å²) in [5.74, 6) is 1.44. The van der Waals surface area contributed by atoms with Crippen LogP contribution in [0.3, 0.4) is 0 Å². The van der Waals surface area contributed by atoms with Crippen LogP contribution in [-0.4, -0.2) is 52.7 Å². The van der Waals surface area contributed by atoms with Gasteiger partial charge in [0.25, 0.3) is 0 Å². The lowest BCUT2D eigenvalue weighted by atomic mass is 9.99. The topological polar surface area (TPSA) is 78.5 Å². The Balaban J connectivity index is 1.45. The molecule has 5 rings (SSSR count). The minimum atomic E-state index is -0.414. The molecule has 156 valence electrons. The third-order valence-corrected chi connectivity index (χ3v) is 6.68. The van der Waals surface area contributed by atoms with Gasteiger partial charge >= 0.3 is 0 Å². The van der Waals surface area contributed by atoms with E-state index in [2.05, 4.69) is 16.0 Å². The normalized spacial score (nSPS) is 23.2. The van der Waals surface area contributed by atoms with Crippen LogP contribution in [0.5, 0.6) is 5.75 Å². The van der Waals surface area contributed by atoms with Crippen LogP contribution in [0.2, 0.25) is 0 Å². The van der Waals surface area contributed by atoms with Crippen molar-refractivity contribution in [3.8, 4) is 16.9 Å². The van der Waals surface area contributed by atoms with E-state index in [-0.39, 0.29) is 11.7 Å². The molecule has 6 nitrogen and oxygen atoms in total. The van der Waals surface area contributed by atoms with Crippen molar-refractivity contribution in [2.75, 3.05) is 26.8 Å². The molecule has 30 heavy (non-hydrogen) atoms. The molecular weight excluding hydrogens is 385 g/mol. The summed E-state index contributed by atoms with van der Waals surface area (Å²) in [6, 6.07) is 8.55. The fourth-order valence-corrected chi connectivity index (χ4v) is 5.25. The van der Waals surface area contributed by atoms with Crippen LogP contribution in [-0.2, 0) is 4.79 Å². The van der Waals surface area contributed by atoms with Crippen molar-refractivity contribution in [2.45, 2.75) is 18.8 Å². The van der Waals surface area contributed by atoms with Gasteiger partial charge in [-0.05, 0) is 66.5 Å². The molecule has 0 radical (unpaired) electrons. The quantitative estimate of drug-likeness (QED) is 0.693. The molecule has 0 bridgehead atoms. The van der Waals surface area contributed by atoms with Gasteiger partial charge in [-0.2, -0.15) is 0 Å². The van der Waals surface area contributed by atoms with E-state index in [0.717, 1.165) is 48.2 Å². The van der Waals surface area contributed by atoms with Crippen molar-refractivity contribution in [1.82, 2.24) is 14.9 Å². The number of benzene rings is 1. The lowest BCUT2D eigenvalue weighted by Gasteiger charge is -2.17. The van der Waals surface area contributed by atoms with Gasteiger partial charge in [-0.25, -0.2) is 9.37 Å². The SMILES string of the molecule is COc1ccc(F)cc1-c1ccnc2[nH]c(C3CC4CN(C(=O)CO)CC4C3)cc12. The Hall–Kier alpha value is -2.93. The molecule has 2 atom stereocenters. The summed E-state index contributed by atoms with van der Waals surface area (Å²) in [6.45, 7) is 1.04. The lowest BCUT2D eigenvalue weighted by Crippen LogP contribution is -2.32. The predicted octanol–water partition coefficient (Wildman–Crippen LogP) is 3.32. The Kier molecular flexibility index (Phi) is 4.70. The number of carbonyl (C=O) groups excluding carboxylic acids is 1. The Bertz CT molecular complexity index is 1100. The summed E-state index contributed by atoms with van der Waals surface area (Å²) in [5, 5.41) is 10.1. The number of hydrogen-bond donors (Lipinski definition) is 2. The van der Waals surface area contributed by atoms with Crippen LogP contribution in [0, 0.1) is 17.7 Å². The van der Waals surface area contributed by atoms with E-state index in [1.54, 1.807) is 24.3 Å². The van der Waals surface area contributed by atoms with Gasteiger partial charge in [0.05, 0.1) is 7.11 Å². The van der Waals surface area contributed by atoms with Gasteiger partial charge < -0.3 is 19.7 Å². The number of aromatic nitrogens is 2. The maximum Gasteiger partial charge on any atom is 0.248 e. The van der Waals surface area contributed by atoms with Crippen LogP contribution in [0.25, 0.3) is 22.2 Å². The number of aliphatic hydroxyl groups excluding tert-OH is 1. The zero-order valence-corrected chi connectivity index (χ0v) is 16.8. The molecule has 1 aliphatic heterocycles. The molecule has 2 unspecified atom stereocenters. The third kappa shape index (κ3) is 3.13. The molecule has 3 heterocycles. The maximum atomic E-state index is 13.9. The minimum Gasteiger partial charge on any atom is -0.496 e. The highest BCUT2D eigenvalue weighted by Crippen LogP contribution is 2.47. The summed E-state index contributed by atoms with van der Waals surface area (Å²) >= 11 is 0. The fourth-order valence-electron chi connectivity index (χ4n) is 5.25. The van der Waals surface area contributed by atoms with Crippen LogP contribution >= 0.6 is 0 Å². The molecule has 1 amide bonds. The zero-order chi connectivity index (χ0) is 20.8. The van der Waals surface area contributed by atoms with Crippen molar-refractivity contribution in [1.29, 1.82) is 0 Å². The zero-order valence-electron chi connectivity index (χ0n) is 16.8. The molecule has 7 heteroatoms. The van der Waals surface area contributed by atoms with Crippen molar-refractivity contribution < 1.29 is 19.0 Å². The van der Waals surface area contributed by atoms with Crippen molar-refractivity contribution in [3.63, 3.8) is 0 Å². The van der Waals surface area contributed by atoms with Gasteiger partial charge in [0.2, 0.25) is 5.91 Å². The molecule has 0 spiro atoms. The number of H-pyrrole nitrogens is 1. The van der Waals surface area contributed by atoms with Crippen molar-refractivity contribution in [3.05, 3.63) is 48.0 Å². The van der Waals surface area contributed by atoms with Crippen LogP contribution < -0.4 is 4.74 Å². The highest BCUT2D eigenvalue weighted by atomic mass is 19.1. The number of likely N-dealkylation sites (tertiary alicyclic amines) is 1. The highest BCUT2D eigenvalue weighted by molar-refractivity contribution is 5.95. The van der Waals surface area contributed by atoms with Crippen molar-refractivity contribution in [2.24, 2.45) is 11.8 Å². The molecular formula is C23H24FN3O3. The number of hydrogen-bond acceptors (Lipinski definition) is 4. The van der Waals surface area contributed by atoms with E-state index >= 15 is 0 Å². The molecule has 1 saturated carbocycles. The van der Waals surface area contributed by atoms with Crippen LogP contribution in [0.1, 0.15) is 24.5 Å². The molecule has 2 N–H and O–H groups in total. The standard InChI is InChI=1S/C23H24FN3O3/c1-30-21-3-2-16(24)8-18(21)17-4-5-25-23-19(17)9-20(26-23)13-6-14-10-27(22(29)12-28)11-15(14)7-13/h2-5,8-9,13-15,28H,6-7,10-12H2,1H3,(H,25,26). The second-order valence-electron chi connectivity index (χ2n) is 8.34. The maximum absolute atomic E-state index is 13.9. The molecule has 1 aliphatic carbocycles. The number of halogens is 1. The van der Waals surface area contributed by atoms with E-state index < -0.39 is 6.61 Å². The number of nitrogens with zero attached hydrogens (tertiary/aromatic N) is 2. The third-order valence-electron chi connectivity index (χ3n) is 6.68. The number of pyridine rings is 1. The molecule has 1 aromatic carbocycles. The molecule has 1 saturated heterocycles. The van der Waals surface area contributed by atoms with Gasteiger partial charge in [0.1, 0.15) is 23.8 Å². The largest absolute Gasteiger partial charge is 0.496 e. The Labute approximate surface area is 173 Å². The molecule has 3 aromatic rings. The van der Waals surface area contributed by atoms with Crippen LogP contribution in [0.4, 0.5) is 4.39 Å². The second kappa shape index (κ2) is 7.40. The number of nitrogens with one attached hydrogen (secondary N) is 1. The number of ether oxygens (including phenoxy) is 1.